The van der Waals surface area contributed by atoms with E-state index in [2.05, 4.69) is 20.4 Å². The lowest BCUT2D eigenvalue weighted by Crippen LogP contribution is -2.36. The number of amides is 2. The molecule has 1 atom stereocenters. The molecule has 0 saturated carbocycles. The Balaban J connectivity index is 1.28. The zero-order chi connectivity index (χ0) is 22.7. The van der Waals surface area contributed by atoms with Crippen LogP contribution in [0.3, 0.4) is 0 Å². The number of nitrogens with one attached hydrogen (secondary N) is 2. The van der Waals surface area contributed by atoms with Gasteiger partial charge in [0.15, 0.2) is 5.13 Å². The first-order chi connectivity index (χ1) is 15.2. The lowest BCUT2D eigenvalue weighted by atomic mass is 10.2. The van der Waals surface area contributed by atoms with E-state index in [0.717, 1.165) is 29.1 Å². The zero-order valence-electron chi connectivity index (χ0n) is 16.9. The van der Waals surface area contributed by atoms with Gasteiger partial charge in [0.2, 0.25) is 5.91 Å². The summed E-state index contributed by atoms with van der Waals surface area (Å²) in [4.78, 5) is 32.0. The predicted octanol–water partition coefficient (Wildman–Crippen LogP) is 3.16. The minimum absolute atomic E-state index is 0.121. The number of rotatable bonds is 6. The second-order valence-corrected chi connectivity index (χ2v) is 8.54. The van der Waals surface area contributed by atoms with Gasteiger partial charge in [0.25, 0.3) is 5.91 Å². The minimum atomic E-state index is -4.76. The number of anilines is 2. The highest BCUT2D eigenvalue weighted by Crippen LogP contribution is 2.29. The molecule has 1 fully saturated rings. The van der Waals surface area contributed by atoms with E-state index >= 15 is 0 Å². The molecule has 1 aromatic carbocycles. The van der Waals surface area contributed by atoms with E-state index in [4.69, 9.17) is 4.74 Å². The molecule has 2 N–H and O–H groups in total. The fourth-order valence-electron chi connectivity index (χ4n) is 3.55. The van der Waals surface area contributed by atoms with Crippen molar-refractivity contribution >= 4 is 34.0 Å². The third kappa shape index (κ3) is 5.96. The summed E-state index contributed by atoms with van der Waals surface area (Å²) in [5.74, 6) is -0.822. The highest BCUT2D eigenvalue weighted by molar-refractivity contribution is 7.15. The number of hydrogen-bond acceptors (Lipinski definition) is 7. The monoisotopic (exact) mass is 470 g/mol. The largest absolute Gasteiger partial charge is 0.573 e. The van der Waals surface area contributed by atoms with Crippen LogP contribution in [-0.4, -0.2) is 53.9 Å². The lowest BCUT2D eigenvalue weighted by Gasteiger charge is -2.25. The van der Waals surface area contributed by atoms with Crippen molar-refractivity contribution in [2.24, 2.45) is 0 Å². The number of carbonyl (C=O) groups is 2. The van der Waals surface area contributed by atoms with Crippen molar-refractivity contribution in [1.29, 1.82) is 0 Å². The van der Waals surface area contributed by atoms with E-state index in [1.165, 1.54) is 23.5 Å². The Morgan fingerprint density at radius 1 is 1.25 bits per heavy atom. The second kappa shape index (κ2) is 9.43. The van der Waals surface area contributed by atoms with Crippen LogP contribution in [0.2, 0.25) is 0 Å². The van der Waals surface area contributed by atoms with Gasteiger partial charge in [-0.1, -0.05) is 0 Å². The standard InChI is InChI=1S/C20H21F3N4O4S/c21-20(22,23)31-13-5-3-12(4-6-13)24-17(28)11-27-8-7-14-16(10-27)32-19(25-14)26-18(29)15-2-1-9-30-15/h3-6,15H,1-2,7-11H2,(H,24,28)(H,25,26,29). The van der Waals surface area contributed by atoms with Crippen LogP contribution >= 0.6 is 11.3 Å². The molecule has 172 valence electrons. The first-order valence-electron chi connectivity index (χ1n) is 10.0. The van der Waals surface area contributed by atoms with Crippen LogP contribution in [0.5, 0.6) is 5.75 Å². The van der Waals surface area contributed by atoms with Gasteiger partial charge in [-0.2, -0.15) is 0 Å². The maximum Gasteiger partial charge on any atom is 0.573 e. The van der Waals surface area contributed by atoms with Gasteiger partial charge >= 0.3 is 6.36 Å². The van der Waals surface area contributed by atoms with Crippen LogP contribution in [0.4, 0.5) is 24.0 Å². The molecule has 0 aliphatic carbocycles. The maximum absolute atomic E-state index is 12.4. The molecular weight excluding hydrogens is 449 g/mol. The van der Waals surface area contributed by atoms with Crippen molar-refractivity contribution in [3.63, 3.8) is 0 Å². The number of fused-ring (bicyclic) bond motifs is 1. The fraction of sp³-hybridized carbons (Fsp3) is 0.450. The summed E-state index contributed by atoms with van der Waals surface area (Å²) < 4.78 is 45.9. The van der Waals surface area contributed by atoms with E-state index < -0.39 is 12.5 Å². The summed E-state index contributed by atoms with van der Waals surface area (Å²) in [7, 11) is 0. The van der Waals surface area contributed by atoms with Gasteiger partial charge in [0.05, 0.1) is 12.2 Å². The SMILES string of the molecule is O=C(CN1CCc2nc(NC(=O)C3CCCO3)sc2C1)Nc1ccc(OC(F)(F)F)cc1. The topological polar surface area (TPSA) is 92.8 Å². The number of halogens is 3. The van der Waals surface area contributed by atoms with Crippen molar-refractivity contribution in [2.45, 2.75) is 38.3 Å². The molecule has 3 heterocycles. The number of nitrogens with zero attached hydrogens (tertiary/aromatic N) is 2. The van der Waals surface area contributed by atoms with Gasteiger partial charge in [-0.25, -0.2) is 4.98 Å². The average Bonchev–Trinajstić information content (AvgIpc) is 3.37. The summed E-state index contributed by atoms with van der Waals surface area (Å²) in [6.07, 6.45) is -2.96. The Labute approximate surface area is 185 Å². The summed E-state index contributed by atoms with van der Waals surface area (Å²) in [5.41, 5.74) is 1.29. The van der Waals surface area contributed by atoms with E-state index in [0.29, 0.717) is 43.4 Å². The highest BCUT2D eigenvalue weighted by atomic mass is 32.1. The molecule has 2 aromatic rings. The molecule has 1 aromatic heterocycles. The Hall–Kier alpha value is -2.70. The van der Waals surface area contributed by atoms with Gasteiger partial charge in [-0.05, 0) is 37.1 Å². The normalized spacial score (nSPS) is 18.8. The second-order valence-electron chi connectivity index (χ2n) is 7.46. The van der Waals surface area contributed by atoms with E-state index in [9.17, 15) is 22.8 Å². The van der Waals surface area contributed by atoms with Crippen LogP contribution in [0.1, 0.15) is 23.4 Å². The van der Waals surface area contributed by atoms with Crippen LogP contribution in [-0.2, 0) is 27.3 Å². The summed E-state index contributed by atoms with van der Waals surface area (Å²) in [6, 6.07) is 4.97. The van der Waals surface area contributed by atoms with Crippen molar-refractivity contribution in [3.8, 4) is 5.75 Å². The number of thiazole rings is 1. The van der Waals surface area contributed by atoms with Gasteiger partial charge in [0.1, 0.15) is 11.9 Å². The smallest absolute Gasteiger partial charge is 0.406 e. The molecule has 0 bridgehead atoms. The molecule has 12 heteroatoms. The molecule has 2 aliphatic heterocycles. The molecule has 32 heavy (non-hydrogen) atoms. The Morgan fingerprint density at radius 2 is 2.03 bits per heavy atom. The average molecular weight is 470 g/mol. The Morgan fingerprint density at radius 3 is 2.72 bits per heavy atom. The summed E-state index contributed by atoms with van der Waals surface area (Å²) in [5, 5.41) is 6.01. The molecule has 2 amide bonds. The third-order valence-corrected chi connectivity index (χ3v) is 6.00. The molecule has 1 unspecified atom stereocenters. The highest BCUT2D eigenvalue weighted by Gasteiger charge is 2.31. The summed E-state index contributed by atoms with van der Waals surface area (Å²) in [6.45, 7) is 1.86. The summed E-state index contributed by atoms with van der Waals surface area (Å²) >= 11 is 1.39. The maximum atomic E-state index is 12.4. The number of aromatic nitrogens is 1. The molecule has 2 aliphatic rings. The van der Waals surface area contributed by atoms with Gasteiger partial charge in [-0.3, -0.25) is 19.8 Å². The molecule has 1 saturated heterocycles. The van der Waals surface area contributed by atoms with E-state index in [1.54, 1.807) is 0 Å². The molecular formula is C20H21F3N4O4S. The lowest BCUT2D eigenvalue weighted by molar-refractivity contribution is -0.274. The Bertz CT molecular complexity index is 974. The van der Waals surface area contributed by atoms with E-state index in [-0.39, 0.29) is 24.1 Å². The van der Waals surface area contributed by atoms with Gasteiger partial charge in [0, 0.05) is 36.7 Å². The minimum Gasteiger partial charge on any atom is -0.406 e. The van der Waals surface area contributed by atoms with Crippen LogP contribution in [0, 0.1) is 0 Å². The molecule has 0 spiro atoms. The van der Waals surface area contributed by atoms with Crippen LogP contribution in [0.15, 0.2) is 24.3 Å². The van der Waals surface area contributed by atoms with Crippen molar-refractivity contribution in [3.05, 3.63) is 34.8 Å². The number of carbonyl (C=O) groups excluding carboxylic acids is 2. The Kier molecular flexibility index (Phi) is 6.63. The van der Waals surface area contributed by atoms with Gasteiger partial charge < -0.3 is 14.8 Å². The van der Waals surface area contributed by atoms with Crippen molar-refractivity contribution in [2.75, 3.05) is 30.3 Å². The molecule has 0 radical (unpaired) electrons. The van der Waals surface area contributed by atoms with Crippen molar-refractivity contribution < 1.29 is 32.2 Å². The van der Waals surface area contributed by atoms with E-state index in [1.807, 2.05) is 4.90 Å². The molecule has 4 rings (SSSR count). The fourth-order valence-corrected chi connectivity index (χ4v) is 4.60. The zero-order valence-corrected chi connectivity index (χ0v) is 17.7. The van der Waals surface area contributed by atoms with Gasteiger partial charge in [-0.15, -0.1) is 24.5 Å². The number of alkyl halides is 3. The van der Waals surface area contributed by atoms with Crippen molar-refractivity contribution in [1.82, 2.24) is 9.88 Å². The molecule has 8 nitrogen and oxygen atoms in total. The third-order valence-electron chi connectivity index (χ3n) is 5.00. The first kappa shape index (κ1) is 22.5. The quantitative estimate of drug-likeness (QED) is 0.674. The van der Waals surface area contributed by atoms with Crippen LogP contribution < -0.4 is 15.4 Å². The van der Waals surface area contributed by atoms with Crippen LogP contribution in [0.25, 0.3) is 0 Å². The number of benzene rings is 1. The number of hydrogen-bond donors (Lipinski definition) is 2. The predicted molar refractivity (Wildman–Crippen MR) is 110 cm³/mol. The first-order valence-corrected chi connectivity index (χ1v) is 10.9. The number of ether oxygens (including phenoxy) is 2.